The van der Waals surface area contributed by atoms with Gasteiger partial charge in [0.25, 0.3) is 5.91 Å². The second kappa shape index (κ2) is 6.70. The lowest BCUT2D eigenvalue weighted by atomic mass is 10.2. The van der Waals surface area contributed by atoms with Crippen LogP contribution in [0, 0.1) is 5.82 Å². The number of aromatic nitrogens is 1. The summed E-state index contributed by atoms with van der Waals surface area (Å²) >= 11 is 0. The Bertz CT molecular complexity index is 767. The van der Waals surface area contributed by atoms with E-state index in [0.29, 0.717) is 11.6 Å². The van der Waals surface area contributed by atoms with E-state index in [4.69, 9.17) is 0 Å². The lowest BCUT2D eigenvalue weighted by Crippen LogP contribution is -2.22. The highest BCUT2D eigenvalue weighted by atomic mass is 19.1. The van der Waals surface area contributed by atoms with Crippen LogP contribution in [-0.2, 0) is 0 Å². The van der Waals surface area contributed by atoms with E-state index in [1.165, 1.54) is 12.3 Å². The number of nitrogens with zero attached hydrogens (tertiary/aromatic N) is 2. The summed E-state index contributed by atoms with van der Waals surface area (Å²) < 4.78 is 14.3. The van der Waals surface area contributed by atoms with Crippen LogP contribution in [-0.4, -0.2) is 30.0 Å². The van der Waals surface area contributed by atoms with Crippen molar-refractivity contribution in [2.24, 2.45) is 0 Å². The molecule has 0 spiro atoms. The highest BCUT2D eigenvalue weighted by Gasteiger charge is 2.22. The number of pyridine rings is 1. The van der Waals surface area contributed by atoms with Gasteiger partial charge in [-0.05, 0) is 49.9 Å². The first kappa shape index (κ1) is 15.9. The molecule has 1 aliphatic heterocycles. The normalized spacial score (nSPS) is 16.8. The number of hydrogen-bond donors (Lipinski definition) is 2. The molecule has 0 unspecified atom stereocenters. The average Bonchev–Trinajstić information content (AvgIpc) is 3.26. The van der Waals surface area contributed by atoms with Crippen molar-refractivity contribution in [1.82, 2.24) is 4.98 Å². The minimum absolute atomic E-state index is 0.245. The zero-order valence-electron chi connectivity index (χ0n) is 14.0. The Balaban J connectivity index is 1.51. The third-order valence-corrected chi connectivity index (χ3v) is 4.63. The number of carbonyl (C=O) groups is 1. The Labute approximate surface area is 146 Å². The predicted molar refractivity (Wildman–Crippen MR) is 96.7 cm³/mol. The molecule has 4 rings (SSSR count). The number of amides is 1. The van der Waals surface area contributed by atoms with E-state index in [2.05, 4.69) is 20.5 Å². The van der Waals surface area contributed by atoms with Crippen molar-refractivity contribution in [3.05, 3.63) is 47.9 Å². The van der Waals surface area contributed by atoms with Gasteiger partial charge in [-0.15, -0.1) is 0 Å². The quantitative estimate of drug-likeness (QED) is 0.872. The summed E-state index contributed by atoms with van der Waals surface area (Å²) in [4.78, 5) is 18.9. The van der Waals surface area contributed by atoms with E-state index in [-0.39, 0.29) is 11.6 Å². The van der Waals surface area contributed by atoms with E-state index < -0.39 is 5.82 Å². The molecule has 2 aromatic rings. The lowest BCUT2D eigenvalue weighted by molar-refractivity contribution is 0.102. The maximum absolute atomic E-state index is 14.3. The summed E-state index contributed by atoms with van der Waals surface area (Å²) in [5.41, 5.74) is 1.40. The van der Waals surface area contributed by atoms with E-state index >= 15 is 0 Å². The highest BCUT2D eigenvalue weighted by molar-refractivity contribution is 6.06. The van der Waals surface area contributed by atoms with Gasteiger partial charge in [0.15, 0.2) is 0 Å². The van der Waals surface area contributed by atoms with Crippen LogP contribution in [0.15, 0.2) is 36.5 Å². The van der Waals surface area contributed by atoms with Crippen LogP contribution < -0.4 is 15.5 Å². The fourth-order valence-electron chi connectivity index (χ4n) is 3.09. The first-order valence-corrected chi connectivity index (χ1v) is 8.78. The second-order valence-corrected chi connectivity index (χ2v) is 6.63. The molecule has 0 radical (unpaired) electrons. The summed E-state index contributed by atoms with van der Waals surface area (Å²) in [5.74, 6) is -0.00329. The van der Waals surface area contributed by atoms with Crippen LogP contribution in [0.4, 0.5) is 21.6 Å². The maximum atomic E-state index is 14.3. The summed E-state index contributed by atoms with van der Waals surface area (Å²) in [5, 5.41) is 6.01. The molecular weight excluding hydrogens is 319 g/mol. The van der Waals surface area contributed by atoms with Gasteiger partial charge in [0, 0.05) is 25.3 Å². The lowest BCUT2D eigenvalue weighted by Gasteiger charge is -2.22. The summed E-state index contributed by atoms with van der Waals surface area (Å²) in [6.45, 7) is 1.77. The Morgan fingerprint density at radius 1 is 1.16 bits per heavy atom. The van der Waals surface area contributed by atoms with Crippen molar-refractivity contribution in [3.8, 4) is 0 Å². The van der Waals surface area contributed by atoms with Crippen molar-refractivity contribution >= 4 is 23.1 Å². The van der Waals surface area contributed by atoms with Gasteiger partial charge >= 0.3 is 0 Å². The standard InChI is InChI=1S/C19H21FN4O/c20-15-4-3-5-16(24-10-1-2-11-24)18(15)23-19(25)13-6-9-17(21-12-13)22-14-7-8-14/h3-6,9,12,14H,1-2,7-8,10-11H2,(H,21,22)(H,23,25). The zero-order valence-corrected chi connectivity index (χ0v) is 14.0. The Morgan fingerprint density at radius 2 is 1.96 bits per heavy atom. The van der Waals surface area contributed by atoms with Crippen LogP contribution in [0.5, 0.6) is 0 Å². The summed E-state index contributed by atoms with van der Waals surface area (Å²) in [7, 11) is 0. The summed E-state index contributed by atoms with van der Waals surface area (Å²) in [6.07, 6.45) is 6.02. The second-order valence-electron chi connectivity index (χ2n) is 6.63. The van der Waals surface area contributed by atoms with Crippen molar-refractivity contribution in [3.63, 3.8) is 0 Å². The van der Waals surface area contributed by atoms with Crippen molar-refractivity contribution in [2.45, 2.75) is 31.7 Å². The molecule has 1 saturated heterocycles. The van der Waals surface area contributed by atoms with Gasteiger partial charge in [-0.1, -0.05) is 6.07 Å². The number of hydrogen-bond acceptors (Lipinski definition) is 4. The minimum Gasteiger partial charge on any atom is -0.370 e. The third-order valence-electron chi connectivity index (χ3n) is 4.63. The molecule has 1 saturated carbocycles. The molecule has 1 aliphatic carbocycles. The van der Waals surface area contributed by atoms with Crippen molar-refractivity contribution in [2.75, 3.05) is 28.6 Å². The number of carbonyl (C=O) groups excluding carboxylic acids is 1. The van der Waals surface area contributed by atoms with E-state index in [0.717, 1.165) is 50.3 Å². The van der Waals surface area contributed by atoms with Crippen LogP contribution in [0.2, 0.25) is 0 Å². The highest BCUT2D eigenvalue weighted by Crippen LogP contribution is 2.31. The van der Waals surface area contributed by atoms with Gasteiger partial charge in [-0.2, -0.15) is 0 Å². The molecule has 1 amide bonds. The van der Waals surface area contributed by atoms with Crippen molar-refractivity contribution < 1.29 is 9.18 Å². The Kier molecular flexibility index (Phi) is 4.26. The average molecular weight is 340 g/mol. The van der Waals surface area contributed by atoms with Crippen molar-refractivity contribution in [1.29, 1.82) is 0 Å². The molecule has 5 nitrogen and oxygen atoms in total. The SMILES string of the molecule is O=C(Nc1c(F)cccc1N1CCCC1)c1ccc(NC2CC2)nc1. The van der Waals surface area contributed by atoms with Crippen LogP contribution in [0.25, 0.3) is 0 Å². The maximum Gasteiger partial charge on any atom is 0.257 e. The van der Waals surface area contributed by atoms with E-state index in [1.54, 1.807) is 18.2 Å². The predicted octanol–water partition coefficient (Wildman–Crippen LogP) is 3.65. The number of nitrogens with one attached hydrogen (secondary N) is 2. The smallest absolute Gasteiger partial charge is 0.257 e. The van der Waals surface area contributed by atoms with Crippen LogP contribution in [0.3, 0.4) is 0 Å². The molecule has 0 atom stereocenters. The number of para-hydroxylation sites is 1. The zero-order chi connectivity index (χ0) is 17.2. The number of rotatable bonds is 5. The van der Waals surface area contributed by atoms with Crippen LogP contribution >= 0.6 is 0 Å². The molecule has 1 aromatic carbocycles. The first-order chi connectivity index (χ1) is 12.2. The Morgan fingerprint density at radius 3 is 2.64 bits per heavy atom. The number of anilines is 3. The van der Waals surface area contributed by atoms with Gasteiger partial charge in [0.2, 0.25) is 0 Å². The van der Waals surface area contributed by atoms with Crippen LogP contribution in [0.1, 0.15) is 36.0 Å². The molecular formula is C19H21FN4O. The molecule has 2 fully saturated rings. The van der Waals surface area contributed by atoms with Gasteiger partial charge in [-0.3, -0.25) is 4.79 Å². The fraction of sp³-hybridized carbons (Fsp3) is 0.368. The van der Waals surface area contributed by atoms with Gasteiger partial charge in [-0.25, -0.2) is 9.37 Å². The minimum atomic E-state index is -0.419. The Hall–Kier alpha value is -2.63. The van der Waals surface area contributed by atoms with Gasteiger partial charge in [0.1, 0.15) is 17.3 Å². The van der Waals surface area contributed by atoms with E-state index in [1.807, 2.05) is 6.07 Å². The molecule has 1 aromatic heterocycles. The molecule has 0 bridgehead atoms. The molecule has 130 valence electrons. The molecule has 2 aliphatic rings. The largest absolute Gasteiger partial charge is 0.370 e. The monoisotopic (exact) mass is 340 g/mol. The molecule has 2 N–H and O–H groups in total. The molecule has 6 heteroatoms. The van der Waals surface area contributed by atoms with Gasteiger partial charge < -0.3 is 15.5 Å². The number of halogens is 1. The fourth-order valence-corrected chi connectivity index (χ4v) is 3.09. The molecule has 2 heterocycles. The van der Waals surface area contributed by atoms with Gasteiger partial charge in [0.05, 0.1) is 11.3 Å². The first-order valence-electron chi connectivity index (χ1n) is 8.78. The number of benzene rings is 1. The topological polar surface area (TPSA) is 57.3 Å². The molecule has 25 heavy (non-hydrogen) atoms. The van der Waals surface area contributed by atoms with E-state index in [9.17, 15) is 9.18 Å². The summed E-state index contributed by atoms with van der Waals surface area (Å²) in [6, 6.07) is 8.91. The third kappa shape index (κ3) is 3.57.